The quantitative estimate of drug-likeness (QED) is 0.533. The van der Waals surface area contributed by atoms with Gasteiger partial charge in [-0.15, -0.1) is 0 Å². The fraction of sp³-hybridized carbons (Fsp3) is 1.00. The van der Waals surface area contributed by atoms with Gasteiger partial charge >= 0.3 is 0 Å². The van der Waals surface area contributed by atoms with Gasteiger partial charge in [0.05, 0.1) is 6.67 Å². The number of rotatable bonds is 1. The van der Waals surface area contributed by atoms with Crippen molar-refractivity contribution in [3.8, 4) is 0 Å². The van der Waals surface area contributed by atoms with Crippen LogP contribution in [0, 0.1) is 5.92 Å². The van der Waals surface area contributed by atoms with E-state index in [1.807, 2.05) is 0 Å². The highest BCUT2D eigenvalue weighted by atomic mass is 127. The summed E-state index contributed by atoms with van der Waals surface area (Å²) in [6, 6.07) is 0.752. The molecule has 0 N–H and O–H groups in total. The van der Waals surface area contributed by atoms with E-state index in [0.29, 0.717) is 0 Å². The molecule has 12 heavy (non-hydrogen) atoms. The molecular formula is C9H19IN2. The second kappa shape index (κ2) is 4.24. The second-order valence-electron chi connectivity index (χ2n) is 4.19. The standard InChI is InChI=1S/C9H19IN2/c1-7(2)9-8(10)5-11(3)6-12(9)4/h7-9H,5-6H2,1-4H3/t8?,9-/m1/s1. The van der Waals surface area contributed by atoms with Crippen LogP contribution in [-0.2, 0) is 0 Å². The van der Waals surface area contributed by atoms with Crippen molar-refractivity contribution < 1.29 is 0 Å². The molecule has 0 aromatic heterocycles. The van der Waals surface area contributed by atoms with Crippen molar-refractivity contribution in [1.82, 2.24) is 9.80 Å². The molecule has 0 radical (unpaired) electrons. The van der Waals surface area contributed by atoms with Crippen molar-refractivity contribution in [3.63, 3.8) is 0 Å². The van der Waals surface area contributed by atoms with Crippen molar-refractivity contribution in [3.05, 3.63) is 0 Å². The predicted molar refractivity (Wildman–Crippen MR) is 61.7 cm³/mol. The van der Waals surface area contributed by atoms with Crippen molar-refractivity contribution in [2.24, 2.45) is 5.92 Å². The molecule has 0 spiro atoms. The van der Waals surface area contributed by atoms with Crippen LogP contribution in [0.2, 0.25) is 0 Å². The van der Waals surface area contributed by atoms with Crippen LogP contribution in [0.3, 0.4) is 0 Å². The first kappa shape index (κ1) is 10.7. The Morgan fingerprint density at radius 2 is 1.92 bits per heavy atom. The fourth-order valence-corrected chi connectivity index (χ4v) is 4.19. The summed E-state index contributed by atoms with van der Waals surface area (Å²) in [7, 11) is 4.42. The Labute approximate surface area is 89.4 Å². The van der Waals surface area contributed by atoms with Crippen LogP contribution in [0.25, 0.3) is 0 Å². The summed E-state index contributed by atoms with van der Waals surface area (Å²) in [5.74, 6) is 0.769. The van der Waals surface area contributed by atoms with Gasteiger partial charge in [-0.3, -0.25) is 9.80 Å². The van der Waals surface area contributed by atoms with Crippen molar-refractivity contribution in [2.45, 2.75) is 23.8 Å². The molecule has 3 heteroatoms. The van der Waals surface area contributed by atoms with Crippen LogP contribution in [0.15, 0.2) is 0 Å². The van der Waals surface area contributed by atoms with E-state index in [1.165, 1.54) is 6.54 Å². The van der Waals surface area contributed by atoms with E-state index in [-0.39, 0.29) is 0 Å². The first-order chi connectivity index (χ1) is 5.52. The van der Waals surface area contributed by atoms with E-state index in [9.17, 15) is 0 Å². The van der Waals surface area contributed by atoms with Gasteiger partial charge in [-0.1, -0.05) is 36.4 Å². The Morgan fingerprint density at radius 3 is 2.33 bits per heavy atom. The zero-order chi connectivity index (χ0) is 9.30. The zero-order valence-corrected chi connectivity index (χ0v) is 10.6. The van der Waals surface area contributed by atoms with E-state index < -0.39 is 0 Å². The normalized spacial score (nSPS) is 34.5. The van der Waals surface area contributed by atoms with Gasteiger partial charge in [-0.25, -0.2) is 0 Å². The minimum absolute atomic E-state index is 0.752. The van der Waals surface area contributed by atoms with Crippen LogP contribution >= 0.6 is 22.6 Å². The maximum Gasteiger partial charge on any atom is 0.0504 e. The number of halogens is 1. The Balaban J connectivity index is 2.60. The number of nitrogens with zero attached hydrogens (tertiary/aromatic N) is 2. The largest absolute Gasteiger partial charge is 0.292 e. The van der Waals surface area contributed by atoms with Gasteiger partial charge in [0.25, 0.3) is 0 Å². The number of alkyl halides is 1. The Bertz CT molecular complexity index is 137. The van der Waals surface area contributed by atoms with Crippen LogP contribution < -0.4 is 0 Å². The summed E-state index contributed by atoms with van der Waals surface area (Å²) in [4.78, 5) is 4.85. The summed E-state index contributed by atoms with van der Waals surface area (Å²) in [5, 5.41) is 0. The van der Waals surface area contributed by atoms with Crippen LogP contribution in [0.4, 0.5) is 0 Å². The summed E-state index contributed by atoms with van der Waals surface area (Å²) >= 11 is 2.58. The van der Waals surface area contributed by atoms with Crippen molar-refractivity contribution in [2.75, 3.05) is 27.3 Å². The van der Waals surface area contributed by atoms with Gasteiger partial charge in [0.15, 0.2) is 0 Å². The van der Waals surface area contributed by atoms with Gasteiger partial charge in [0, 0.05) is 16.5 Å². The molecule has 1 aliphatic heterocycles. The molecule has 2 atom stereocenters. The minimum atomic E-state index is 0.752. The summed E-state index contributed by atoms with van der Waals surface area (Å²) in [6.45, 7) is 6.98. The van der Waals surface area contributed by atoms with E-state index in [0.717, 1.165) is 22.6 Å². The molecule has 72 valence electrons. The molecule has 2 nitrogen and oxygen atoms in total. The van der Waals surface area contributed by atoms with Crippen LogP contribution in [-0.4, -0.2) is 47.1 Å². The first-order valence-electron chi connectivity index (χ1n) is 4.55. The lowest BCUT2D eigenvalue weighted by Crippen LogP contribution is -2.55. The minimum Gasteiger partial charge on any atom is -0.292 e. The summed E-state index contributed by atoms with van der Waals surface area (Å²) in [5.41, 5.74) is 0. The molecule has 1 rings (SSSR count). The highest BCUT2D eigenvalue weighted by Crippen LogP contribution is 2.24. The molecule has 0 aromatic carbocycles. The molecular weight excluding hydrogens is 263 g/mol. The monoisotopic (exact) mass is 282 g/mol. The highest BCUT2D eigenvalue weighted by molar-refractivity contribution is 14.1. The van der Waals surface area contributed by atoms with Gasteiger partial charge in [-0.2, -0.15) is 0 Å². The average molecular weight is 282 g/mol. The highest BCUT2D eigenvalue weighted by Gasteiger charge is 2.31. The zero-order valence-electron chi connectivity index (χ0n) is 8.42. The van der Waals surface area contributed by atoms with E-state index >= 15 is 0 Å². The van der Waals surface area contributed by atoms with Gasteiger partial charge < -0.3 is 0 Å². The fourth-order valence-electron chi connectivity index (χ4n) is 2.14. The maximum absolute atomic E-state index is 2.58. The Morgan fingerprint density at radius 1 is 1.33 bits per heavy atom. The second-order valence-corrected chi connectivity index (χ2v) is 5.79. The van der Waals surface area contributed by atoms with Gasteiger partial charge in [0.1, 0.15) is 0 Å². The molecule has 0 bridgehead atoms. The van der Waals surface area contributed by atoms with E-state index in [4.69, 9.17) is 0 Å². The Kier molecular flexibility index (Phi) is 3.79. The molecule has 1 saturated heterocycles. The molecule has 0 aromatic rings. The number of hydrogen-bond acceptors (Lipinski definition) is 2. The summed E-state index contributed by atoms with van der Waals surface area (Å²) in [6.07, 6.45) is 0. The topological polar surface area (TPSA) is 6.48 Å². The molecule has 0 saturated carbocycles. The molecule has 1 fully saturated rings. The maximum atomic E-state index is 2.58. The lowest BCUT2D eigenvalue weighted by Gasteiger charge is -2.43. The van der Waals surface area contributed by atoms with Gasteiger partial charge in [0.2, 0.25) is 0 Å². The molecule has 0 aliphatic carbocycles. The summed E-state index contributed by atoms with van der Waals surface area (Å²) < 4.78 is 0.770. The van der Waals surface area contributed by atoms with E-state index in [2.05, 4.69) is 60.3 Å². The first-order valence-corrected chi connectivity index (χ1v) is 5.79. The number of hydrogen-bond donors (Lipinski definition) is 0. The lowest BCUT2D eigenvalue weighted by atomic mass is 9.98. The third-order valence-electron chi connectivity index (χ3n) is 2.51. The third kappa shape index (κ3) is 2.33. The molecule has 0 amide bonds. The van der Waals surface area contributed by atoms with E-state index in [1.54, 1.807) is 0 Å². The van der Waals surface area contributed by atoms with Crippen molar-refractivity contribution in [1.29, 1.82) is 0 Å². The molecule has 1 unspecified atom stereocenters. The third-order valence-corrected chi connectivity index (χ3v) is 3.64. The van der Waals surface area contributed by atoms with Crippen LogP contribution in [0.1, 0.15) is 13.8 Å². The predicted octanol–water partition coefficient (Wildman–Crippen LogP) is 1.65. The van der Waals surface area contributed by atoms with Crippen molar-refractivity contribution >= 4 is 22.6 Å². The van der Waals surface area contributed by atoms with Gasteiger partial charge in [-0.05, 0) is 20.0 Å². The SMILES string of the molecule is CC(C)[C@@H]1C(I)CN(C)CN1C. The molecule has 1 aliphatic rings. The smallest absolute Gasteiger partial charge is 0.0504 e. The average Bonchev–Trinajstić information content (AvgIpc) is 1.82. The van der Waals surface area contributed by atoms with Crippen LogP contribution in [0.5, 0.6) is 0 Å². The lowest BCUT2D eigenvalue weighted by molar-refractivity contribution is 0.0653. The Hall–Kier alpha value is 0.650. The molecule has 1 heterocycles.